The summed E-state index contributed by atoms with van der Waals surface area (Å²) in [5.74, 6) is 0. The van der Waals surface area contributed by atoms with Gasteiger partial charge in [-0.15, -0.1) is 0 Å². The topological polar surface area (TPSA) is 34.1 Å². The van der Waals surface area contributed by atoms with E-state index in [0.717, 1.165) is 11.1 Å². The summed E-state index contributed by atoms with van der Waals surface area (Å²) in [4.78, 5) is 13.0. The Balaban J connectivity index is 2.11. The van der Waals surface area contributed by atoms with E-state index in [2.05, 4.69) is 0 Å². The molecule has 0 fully saturated rings. The van der Waals surface area contributed by atoms with Crippen LogP contribution in [0.15, 0.2) is 78.9 Å². The summed E-state index contributed by atoms with van der Waals surface area (Å²) in [7, 11) is -3.32. The van der Waals surface area contributed by atoms with Gasteiger partial charge in [0.2, 0.25) is 12.7 Å². The second-order valence-corrected chi connectivity index (χ2v) is 7.94. The van der Waals surface area contributed by atoms with Crippen LogP contribution in [0.1, 0.15) is 10.4 Å². The lowest BCUT2D eigenvalue weighted by Crippen LogP contribution is -2.28. The Morgan fingerprint density at radius 1 is 0.591 bits per heavy atom. The monoisotopic (exact) mass is 304 g/mol. The van der Waals surface area contributed by atoms with Crippen molar-refractivity contribution in [2.24, 2.45) is 0 Å². The zero-order chi connectivity index (χ0) is 15.2. The molecule has 0 N–H and O–H groups in total. The van der Waals surface area contributed by atoms with Crippen molar-refractivity contribution in [2.45, 2.75) is 0 Å². The van der Waals surface area contributed by atoms with Crippen molar-refractivity contribution < 1.29 is 9.36 Å². The molecule has 3 aromatic rings. The summed E-state index contributed by atoms with van der Waals surface area (Å²) < 4.78 is 13.8. The van der Waals surface area contributed by atoms with Crippen LogP contribution in [0.4, 0.5) is 0 Å². The van der Waals surface area contributed by atoms with E-state index in [4.69, 9.17) is 0 Å². The predicted octanol–water partition coefficient (Wildman–Crippen LogP) is 3.82. The van der Waals surface area contributed by atoms with Crippen LogP contribution >= 0.6 is 7.14 Å². The summed E-state index contributed by atoms with van der Waals surface area (Å²) in [6, 6.07) is 24.0. The zero-order valence-corrected chi connectivity index (χ0v) is 12.7. The lowest BCUT2D eigenvalue weighted by atomic mass is 10.00. The fourth-order valence-corrected chi connectivity index (χ4v) is 5.74. The SMILES string of the molecule is O=C1c2ccccc2-c2ccccc2P1(=O)c1ccccc1. The van der Waals surface area contributed by atoms with Gasteiger partial charge in [0.05, 0.1) is 0 Å². The van der Waals surface area contributed by atoms with Crippen molar-refractivity contribution in [1.29, 1.82) is 0 Å². The van der Waals surface area contributed by atoms with Gasteiger partial charge in [0.15, 0.2) is 0 Å². The fraction of sp³-hybridized carbons (Fsp3) is 0. The third kappa shape index (κ3) is 1.68. The molecule has 0 bridgehead atoms. The molecule has 1 heterocycles. The van der Waals surface area contributed by atoms with Crippen LogP contribution in [-0.4, -0.2) is 5.52 Å². The van der Waals surface area contributed by atoms with Crippen LogP contribution in [0.5, 0.6) is 0 Å². The molecule has 1 aliphatic rings. The van der Waals surface area contributed by atoms with Crippen molar-refractivity contribution in [2.75, 3.05) is 0 Å². The maximum atomic E-state index is 13.8. The molecule has 0 radical (unpaired) electrons. The van der Waals surface area contributed by atoms with E-state index >= 15 is 0 Å². The molecule has 0 aliphatic carbocycles. The highest BCUT2D eigenvalue weighted by atomic mass is 31.2. The number of hydrogen-bond acceptors (Lipinski definition) is 2. The highest BCUT2D eigenvalue weighted by Crippen LogP contribution is 2.53. The molecule has 1 unspecified atom stereocenters. The first-order valence-corrected chi connectivity index (χ1v) is 8.83. The van der Waals surface area contributed by atoms with Crippen LogP contribution in [0, 0.1) is 0 Å². The molecular weight excluding hydrogens is 291 g/mol. The highest BCUT2D eigenvalue weighted by molar-refractivity contribution is 7.94. The Kier molecular flexibility index (Phi) is 2.88. The van der Waals surface area contributed by atoms with E-state index in [9.17, 15) is 9.36 Å². The lowest BCUT2D eigenvalue weighted by molar-refractivity contribution is 0.107. The van der Waals surface area contributed by atoms with Crippen molar-refractivity contribution >= 4 is 23.3 Å². The molecule has 0 saturated heterocycles. The third-order valence-electron chi connectivity index (χ3n) is 4.10. The van der Waals surface area contributed by atoms with Crippen molar-refractivity contribution in [3.63, 3.8) is 0 Å². The Bertz CT molecular complexity index is 929. The molecule has 22 heavy (non-hydrogen) atoms. The van der Waals surface area contributed by atoms with Crippen molar-refractivity contribution in [1.82, 2.24) is 0 Å². The summed E-state index contributed by atoms with van der Waals surface area (Å²) >= 11 is 0. The Morgan fingerprint density at radius 3 is 1.86 bits per heavy atom. The van der Waals surface area contributed by atoms with E-state index in [1.165, 1.54) is 0 Å². The average molecular weight is 304 g/mol. The Morgan fingerprint density at radius 2 is 1.14 bits per heavy atom. The largest absolute Gasteiger partial charge is 0.305 e. The number of fused-ring (bicyclic) bond motifs is 3. The van der Waals surface area contributed by atoms with Crippen LogP contribution in [0.3, 0.4) is 0 Å². The van der Waals surface area contributed by atoms with Crippen LogP contribution in [0.2, 0.25) is 0 Å². The Labute approximate surface area is 128 Å². The van der Waals surface area contributed by atoms with Crippen LogP contribution < -0.4 is 10.6 Å². The van der Waals surface area contributed by atoms with E-state index in [-0.39, 0.29) is 5.52 Å². The van der Waals surface area contributed by atoms with Gasteiger partial charge in [-0.1, -0.05) is 78.9 Å². The molecule has 1 aliphatic heterocycles. The highest BCUT2D eigenvalue weighted by Gasteiger charge is 2.42. The molecule has 2 nitrogen and oxygen atoms in total. The second-order valence-electron chi connectivity index (χ2n) is 5.31. The van der Waals surface area contributed by atoms with Gasteiger partial charge in [0.1, 0.15) is 0 Å². The molecule has 3 aromatic carbocycles. The third-order valence-corrected chi connectivity index (χ3v) is 7.00. The smallest absolute Gasteiger partial charge is 0.230 e. The van der Waals surface area contributed by atoms with Gasteiger partial charge in [-0.3, -0.25) is 4.79 Å². The van der Waals surface area contributed by atoms with Crippen molar-refractivity contribution in [3.8, 4) is 11.1 Å². The molecule has 0 aromatic heterocycles. The zero-order valence-electron chi connectivity index (χ0n) is 11.8. The quantitative estimate of drug-likeness (QED) is 0.640. The Hall–Kier alpha value is -2.44. The van der Waals surface area contributed by atoms with Gasteiger partial charge >= 0.3 is 0 Å². The summed E-state index contributed by atoms with van der Waals surface area (Å²) in [6.07, 6.45) is 0. The minimum atomic E-state index is -3.32. The first-order chi connectivity index (χ1) is 10.7. The lowest BCUT2D eigenvalue weighted by Gasteiger charge is -2.27. The van der Waals surface area contributed by atoms with Gasteiger partial charge in [0.25, 0.3) is 0 Å². The van der Waals surface area contributed by atoms with E-state index in [1.54, 1.807) is 18.2 Å². The van der Waals surface area contributed by atoms with Crippen LogP contribution in [0.25, 0.3) is 11.1 Å². The van der Waals surface area contributed by atoms with E-state index in [1.807, 2.05) is 60.7 Å². The first-order valence-electron chi connectivity index (χ1n) is 7.12. The maximum absolute atomic E-state index is 13.8. The molecule has 106 valence electrons. The first kappa shape index (κ1) is 13.2. The number of carbonyl (C=O) groups is 1. The molecule has 0 saturated carbocycles. The van der Waals surface area contributed by atoms with Gasteiger partial charge in [-0.05, 0) is 11.1 Å². The molecule has 0 spiro atoms. The average Bonchev–Trinajstić information content (AvgIpc) is 2.60. The summed E-state index contributed by atoms with van der Waals surface area (Å²) in [5.41, 5.74) is 2.04. The molecule has 3 heteroatoms. The van der Waals surface area contributed by atoms with Gasteiger partial charge in [0, 0.05) is 16.2 Å². The standard InChI is InChI=1S/C19H13O2P/c20-19-17-12-5-4-10-15(17)16-11-6-7-13-18(16)22(19,21)14-8-2-1-3-9-14/h1-13H. The minimum absolute atomic E-state index is 0.270. The number of benzene rings is 3. The normalized spacial score (nSPS) is 19.4. The molecule has 4 rings (SSSR count). The molecular formula is C19H13O2P. The predicted molar refractivity (Wildman–Crippen MR) is 89.5 cm³/mol. The molecule has 0 amide bonds. The second kappa shape index (κ2) is 4.79. The fourth-order valence-electron chi connectivity index (χ4n) is 3.05. The summed E-state index contributed by atoms with van der Waals surface area (Å²) in [6.45, 7) is 0. The number of carbonyl (C=O) groups excluding carboxylic acids is 1. The molecule has 1 atom stereocenters. The maximum Gasteiger partial charge on any atom is 0.230 e. The minimum Gasteiger partial charge on any atom is -0.305 e. The summed E-state index contributed by atoms with van der Waals surface area (Å²) in [5, 5.41) is 1.24. The van der Waals surface area contributed by atoms with E-state index in [0.29, 0.717) is 16.2 Å². The van der Waals surface area contributed by atoms with Gasteiger partial charge in [-0.25, -0.2) is 0 Å². The van der Waals surface area contributed by atoms with Crippen molar-refractivity contribution in [3.05, 3.63) is 84.4 Å². The van der Waals surface area contributed by atoms with E-state index < -0.39 is 7.14 Å². The van der Waals surface area contributed by atoms with Gasteiger partial charge in [-0.2, -0.15) is 0 Å². The number of hydrogen-bond donors (Lipinski definition) is 0. The van der Waals surface area contributed by atoms with Gasteiger partial charge < -0.3 is 4.57 Å². The number of rotatable bonds is 1. The van der Waals surface area contributed by atoms with Crippen LogP contribution in [-0.2, 0) is 4.57 Å².